The average molecular weight is 203 g/mol. The van der Waals surface area contributed by atoms with E-state index in [1.54, 1.807) is 11.3 Å². The topological polar surface area (TPSA) is 0 Å². The lowest BCUT2D eigenvalue weighted by atomic mass is 10.3. The van der Waals surface area contributed by atoms with E-state index in [2.05, 4.69) is 40.9 Å². The van der Waals surface area contributed by atoms with Crippen LogP contribution in [0.15, 0.2) is 18.0 Å². The maximum absolute atomic E-state index is 3.79. The SMILES string of the molecule is C=C(Br)c1sccc1C. The van der Waals surface area contributed by atoms with Crippen LogP contribution < -0.4 is 0 Å². The van der Waals surface area contributed by atoms with Crippen molar-refractivity contribution in [2.24, 2.45) is 0 Å². The van der Waals surface area contributed by atoms with Crippen molar-refractivity contribution >= 4 is 31.7 Å². The van der Waals surface area contributed by atoms with Crippen molar-refractivity contribution in [2.75, 3.05) is 0 Å². The van der Waals surface area contributed by atoms with Gasteiger partial charge in [0.2, 0.25) is 0 Å². The standard InChI is InChI=1S/C7H7BrS/c1-5-3-4-9-7(5)6(2)8/h3-4H,2H2,1H3. The van der Waals surface area contributed by atoms with Crippen molar-refractivity contribution in [3.63, 3.8) is 0 Å². The van der Waals surface area contributed by atoms with E-state index in [-0.39, 0.29) is 0 Å². The molecule has 2 heteroatoms. The minimum Gasteiger partial charge on any atom is -0.143 e. The van der Waals surface area contributed by atoms with Gasteiger partial charge in [-0.1, -0.05) is 6.58 Å². The Bertz CT molecular complexity index is 225. The Morgan fingerprint density at radius 3 is 2.67 bits per heavy atom. The van der Waals surface area contributed by atoms with Crippen molar-refractivity contribution in [2.45, 2.75) is 6.92 Å². The second-order valence-corrected chi connectivity index (χ2v) is 3.71. The lowest BCUT2D eigenvalue weighted by molar-refractivity contribution is 1.53. The molecule has 0 atom stereocenters. The predicted octanol–water partition coefficient (Wildman–Crippen LogP) is 3.42. The minimum absolute atomic E-state index is 0.981. The van der Waals surface area contributed by atoms with E-state index in [4.69, 9.17) is 0 Å². The van der Waals surface area contributed by atoms with E-state index in [0.29, 0.717) is 0 Å². The van der Waals surface area contributed by atoms with Crippen LogP contribution in [0, 0.1) is 6.92 Å². The summed E-state index contributed by atoms with van der Waals surface area (Å²) in [4.78, 5) is 1.25. The molecule has 0 aliphatic rings. The maximum Gasteiger partial charge on any atom is 0.0435 e. The molecule has 0 bridgehead atoms. The predicted molar refractivity (Wildman–Crippen MR) is 47.0 cm³/mol. The van der Waals surface area contributed by atoms with E-state index in [9.17, 15) is 0 Å². The van der Waals surface area contributed by atoms with Crippen LogP contribution in [0.2, 0.25) is 0 Å². The molecule has 0 saturated heterocycles. The van der Waals surface area contributed by atoms with Gasteiger partial charge in [0.1, 0.15) is 0 Å². The molecule has 1 rings (SSSR count). The summed E-state index contributed by atoms with van der Waals surface area (Å²) < 4.78 is 0.981. The molecule has 0 unspecified atom stereocenters. The first kappa shape index (κ1) is 7.03. The average Bonchev–Trinajstić information content (AvgIpc) is 2.13. The van der Waals surface area contributed by atoms with Gasteiger partial charge in [0, 0.05) is 9.36 Å². The van der Waals surface area contributed by atoms with Crippen molar-refractivity contribution in [1.29, 1.82) is 0 Å². The van der Waals surface area contributed by atoms with Crippen molar-refractivity contribution in [3.05, 3.63) is 28.5 Å². The van der Waals surface area contributed by atoms with Crippen LogP contribution in [0.25, 0.3) is 4.48 Å². The molecule has 0 amide bonds. The summed E-state index contributed by atoms with van der Waals surface area (Å²) >= 11 is 5.04. The first-order chi connectivity index (χ1) is 4.22. The highest BCUT2D eigenvalue weighted by molar-refractivity contribution is 9.15. The molecule has 0 N–H and O–H groups in total. The van der Waals surface area contributed by atoms with E-state index in [1.807, 2.05) is 0 Å². The maximum atomic E-state index is 3.79. The van der Waals surface area contributed by atoms with Gasteiger partial charge in [0.05, 0.1) is 0 Å². The third-order valence-corrected chi connectivity index (χ3v) is 2.84. The Labute approximate surface area is 67.3 Å². The van der Waals surface area contributed by atoms with Crippen molar-refractivity contribution in [1.82, 2.24) is 0 Å². The molecule has 0 radical (unpaired) electrons. The highest BCUT2D eigenvalue weighted by atomic mass is 79.9. The summed E-state index contributed by atoms with van der Waals surface area (Å²) in [5.41, 5.74) is 1.29. The van der Waals surface area contributed by atoms with Gasteiger partial charge >= 0.3 is 0 Å². The first-order valence-corrected chi connectivity index (χ1v) is 4.28. The molecular formula is C7H7BrS. The van der Waals surface area contributed by atoms with E-state index in [1.165, 1.54) is 10.4 Å². The Balaban J connectivity index is 3.08. The molecule has 1 heterocycles. The molecule has 0 fully saturated rings. The summed E-state index contributed by atoms with van der Waals surface area (Å²) in [6.45, 7) is 5.87. The van der Waals surface area contributed by atoms with Crippen LogP contribution in [0.1, 0.15) is 10.4 Å². The van der Waals surface area contributed by atoms with Crippen LogP contribution >= 0.6 is 27.3 Å². The van der Waals surface area contributed by atoms with Crippen LogP contribution in [-0.4, -0.2) is 0 Å². The fourth-order valence-corrected chi connectivity index (χ4v) is 2.03. The van der Waals surface area contributed by atoms with Gasteiger partial charge in [0.25, 0.3) is 0 Å². The Kier molecular flexibility index (Phi) is 2.09. The van der Waals surface area contributed by atoms with E-state index < -0.39 is 0 Å². The van der Waals surface area contributed by atoms with E-state index in [0.717, 1.165) is 4.48 Å². The molecule has 1 aromatic heterocycles. The molecule has 0 aliphatic carbocycles. The van der Waals surface area contributed by atoms with Crippen LogP contribution in [0.4, 0.5) is 0 Å². The number of halogens is 1. The highest BCUT2D eigenvalue weighted by Gasteiger charge is 1.98. The molecule has 48 valence electrons. The van der Waals surface area contributed by atoms with Gasteiger partial charge in [-0.25, -0.2) is 0 Å². The summed E-state index contributed by atoms with van der Waals surface area (Å²) in [6.07, 6.45) is 0. The minimum atomic E-state index is 0.981. The highest BCUT2D eigenvalue weighted by Crippen LogP contribution is 2.27. The van der Waals surface area contributed by atoms with Gasteiger partial charge in [-0.3, -0.25) is 0 Å². The molecule has 0 aromatic carbocycles. The lowest BCUT2D eigenvalue weighted by Crippen LogP contribution is -1.68. The summed E-state index contributed by atoms with van der Waals surface area (Å²) in [5, 5.41) is 2.07. The molecule has 9 heavy (non-hydrogen) atoms. The molecular weight excluding hydrogens is 196 g/mol. The molecule has 0 nitrogen and oxygen atoms in total. The van der Waals surface area contributed by atoms with Crippen LogP contribution in [0.5, 0.6) is 0 Å². The number of thiophene rings is 1. The first-order valence-electron chi connectivity index (χ1n) is 2.60. The van der Waals surface area contributed by atoms with Gasteiger partial charge in [-0.2, -0.15) is 0 Å². The third kappa shape index (κ3) is 1.43. The van der Waals surface area contributed by atoms with Crippen molar-refractivity contribution < 1.29 is 0 Å². The molecule has 1 aromatic rings. The van der Waals surface area contributed by atoms with Gasteiger partial charge in [-0.15, -0.1) is 11.3 Å². The number of hydrogen-bond acceptors (Lipinski definition) is 1. The monoisotopic (exact) mass is 202 g/mol. The van der Waals surface area contributed by atoms with Crippen LogP contribution in [-0.2, 0) is 0 Å². The van der Waals surface area contributed by atoms with Gasteiger partial charge < -0.3 is 0 Å². The quantitative estimate of drug-likeness (QED) is 0.655. The Hall–Kier alpha value is -0.0800. The number of rotatable bonds is 1. The zero-order chi connectivity index (χ0) is 6.85. The van der Waals surface area contributed by atoms with Gasteiger partial charge in [-0.05, 0) is 39.9 Å². The normalized spacial score (nSPS) is 9.56. The zero-order valence-electron chi connectivity index (χ0n) is 5.15. The molecule has 0 saturated carbocycles. The summed E-state index contributed by atoms with van der Waals surface area (Å²) in [6, 6.07) is 2.09. The second kappa shape index (κ2) is 2.67. The Morgan fingerprint density at radius 1 is 1.78 bits per heavy atom. The smallest absolute Gasteiger partial charge is 0.0435 e. The fraction of sp³-hybridized carbons (Fsp3) is 0.143. The largest absolute Gasteiger partial charge is 0.143 e. The summed E-state index contributed by atoms with van der Waals surface area (Å²) in [5.74, 6) is 0. The molecule has 0 aliphatic heterocycles. The van der Waals surface area contributed by atoms with Crippen LogP contribution in [0.3, 0.4) is 0 Å². The van der Waals surface area contributed by atoms with E-state index >= 15 is 0 Å². The fourth-order valence-electron chi connectivity index (χ4n) is 0.651. The molecule has 0 spiro atoms. The number of aryl methyl sites for hydroxylation is 1. The summed E-state index contributed by atoms with van der Waals surface area (Å²) in [7, 11) is 0. The van der Waals surface area contributed by atoms with Gasteiger partial charge in [0.15, 0.2) is 0 Å². The zero-order valence-corrected chi connectivity index (χ0v) is 7.55. The third-order valence-electron chi connectivity index (χ3n) is 1.11. The second-order valence-electron chi connectivity index (χ2n) is 1.84. The van der Waals surface area contributed by atoms with Crippen molar-refractivity contribution in [3.8, 4) is 0 Å². The number of hydrogen-bond donors (Lipinski definition) is 0. The lowest BCUT2D eigenvalue weighted by Gasteiger charge is -1.91. The Morgan fingerprint density at radius 2 is 2.44 bits per heavy atom.